The Balaban J connectivity index is 2.23. The fourth-order valence-corrected chi connectivity index (χ4v) is 3.15. The Kier molecular flexibility index (Phi) is 7.51. The van der Waals surface area contributed by atoms with Gasteiger partial charge in [0.2, 0.25) is 11.7 Å². The molecular weight excluding hydrogens is 456 g/mol. The molecular formula is C15H12F4N4O7S. The zero-order valence-electron chi connectivity index (χ0n) is 15.2. The van der Waals surface area contributed by atoms with Crippen LogP contribution in [0.2, 0.25) is 0 Å². The molecule has 11 nitrogen and oxygen atoms in total. The van der Waals surface area contributed by atoms with Crippen molar-refractivity contribution in [3.05, 3.63) is 36.0 Å². The number of amides is 2. The molecule has 0 saturated carbocycles. The lowest BCUT2D eigenvalue weighted by atomic mass is 10.2. The van der Waals surface area contributed by atoms with Gasteiger partial charge in [-0.2, -0.15) is 22.5 Å². The second kappa shape index (κ2) is 9.88. The van der Waals surface area contributed by atoms with E-state index in [2.05, 4.69) is 24.2 Å². The molecule has 0 atom stereocenters. The highest BCUT2D eigenvalue weighted by atomic mass is 32.2. The van der Waals surface area contributed by atoms with Crippen LogP contribution in [-0.4, -0.2) is 50.7 Å². The SMILES string of the molecule is COC(=O)c1ccccc1S(=O)(=O)NC(=O)Nc1ncc(OC(F)F)c(OC(F)F)n1. The van der Waals surface area contributed by atoms with Gasteiger partial charge in [0.15, 0.2) is 0 Å². The van der Waals surface area contributed by atoms with Crippen LogP contribution in [0.5, 0.6) is 11.6 Å². The number of carbonyl (C=O) groups excluding carboxylic acids is 2. The Labute approximate surface area is 171 Å². The van der Waals surface area contributed by atoms with Crippen LogP contribution < -0.4 is 19.5 Å². The van der Waals surface area contributed by atoms with Crippen LogP contribution in [0.4, 0.5) is 28.3 Å². The molecule has 0 bridgehead atoms. The van der Waals surface area contributed by atoms with E-state index in [0.29, 0.717) is 6.20 Å². The third-order valence-electron chi connectivity index (χ3n) is 3.17. The lowest BCUT2D eigenvalue weighted by Crippen LogP contribution is -2.35. The van der Waals surface area contributed by atoms with Crippen molar-refractivity contribution >= 4 is 28.0 Å². The molecule has 0 saturated heterocycles. The number of hydrogen-bond donors (Lipinski definition) is 2. The van der Waals surface area contributed by atoms with E-state index in [0.717, 1.165) is 19.2 Å². The predicted molar refractivity (Wildman–Crippen MR) is 92.4 cm³/mol. The Hall–Kier alpha value is -3.69. The van der Waals surface area contributed by atoms with Crippen LogP contribution in [0.15, 0.2) is 35.4 Å². The molecule has 0 unspecified atom stereocenters. The summed E-state index contributed by atoms with van der Waals surface area (Å²) in [7, 11) is -3.59. The molecule has 0 spiro atoms. The Morgan fingerprint density at radius 1 is 1.06 bits per heavy atom. The summed E-state index contributed by atoms with van der Waals surface area (Å²) in [5, 5.41) is 1.79. The van der Waals surface area contributed by atoms with E-state index in [1.807, 2.05) is 0 Å². The number of esters is 1. The summed E-state index contributed by atoms with van der Waals surface area (Å²) in [5.74, 6) is -3.88. The predicted octanol–water partition coefficient (Wildman–Crippen LogP) is 1.98. The molecule has 0 aliphatic rings. The summed E-state index contributed by atoms with van der Waals surface area (Å²) in [6.07, 6.45) is 0.494. The molecule has 168 valence electrons. The van der Waals surface area contributed by atoms with Crippen molar-refractivity contribution in [2.75, 3.05) is 12.4 Å². The van der Waals surface area contributed by atoms with Crippen molar-refractivity contribution in [2.24, 2.45) is 0 Å². The average molecular weight is 468 g/mol. The van der Waals surface area contributed by atoms with Crippen molar-refractivity contribution in [1.82, 2.24) is 14.7 Å². The van der Waals surface area contributed by atoms with Crippen LogP contribution >= 0.6 is 0 Å². The number of benzene rings is 1. The molecule has 2 amide bonds. The first kappa shape index (κ1) is 23.6. The van der Waals surface area contributed by atoms with E-state index in [9.17, 15) is 35.6 Å². The monoisotopic (exact) mass is 468 g/mol. The number of urea groups is 1. The lowest BCUT2D eigenvalue weighted by Gasteiger charge is -2.12. The molecule has 0 aliphatic carbocycles. The van der Waals surface area contributed by atoms with Gasteiger partial charge >= 0.3 is 25.2 Å². The van der Waals surface area contributed by atoms with Crippen molar-refractivity contribution in [3.8, 4) is 11.6 Å². The van der Waals surface area contributed by atoms with Crippen molar-refractivity contribution < 1.29 is 49.8 Å². The van der Waals surface area contributed by atoms with Gasteiger partial charge in [-0.05, 0) is 12.1 Å². The van der Waals surface area contributed by atoms with E-state index in [1.54, 1.807) is 10.0 Å². The average Bonchev–Trinajstić information content (AvgIpc) is 2.68. The number of sulfonamides is 1. The highest BCUT2D eigenvalue weighted by molar-refractivity contribution is 7.90. The summed E-state index contributed by atoms with van der Waals surface area (Å²) in [6, 6.07) is 3.32. The summed E-state index contributed by atoms with van der Waals surface area (Å²) in [4.78, 5) is 29.8. The third kappa shape index (κ3) is 6.39. The largest absolute Gasteiger partial charge is 0.465 e. The Morgan fingerprint density at radius 3 is 2.32 bits per heavy atom. The number of hydrogen-bond acceptors (Lipinski definition) is 9. The fourth-order valence-electron chi connectivity index (χ4n) is 2.04. The molecule has 1 aromatic carbocycles. The molecule has 1 heterocycles. The first-order chi connectivity index (χ1) is 14.5. The van der Waals surface area contributed by atoms with Gasteiger partial charge in [-0.25, -0.2) is 27.7 Å². The summed E-state index contributed by atoms with van der Waals surface area (Å²) in [5.41, 5.74) is -0.373. The number of nitrogens with one attached hydrogen (secondary N) is 2. The Bertz CT molecular complexity index is 1070. The smallest absolute Gasteiger partial charge is 0.388 e. The van der Waals surface area contributed by atoms with Crippen LogP contribution in [0, 0.1) is 0 Å². The molecule has 0 radical (unpaired) electrons. The minimum absolute atomic E-state index is 0.373. The first-order valence-electron chi connectivity index (χ1n) is 7.81. The molecule has 16 heteroatoms. The number of aromatic nitrogens is 2. The van der Waals surface area contributed by atoms with Crippen LogP contribution in [-0.2, 0) is 14.8 Å². The molecule has 1 aromatic heterocycles. The van der Waals surface area contributed by atoms with Gasteiger partial charge in [-0.3, -0.25) is 5.32 Å². The number of halogens is 4. The minimum atomic E-state index is -4.61. The maximum absolute atomic E-state index is 12.4. The van der Waals surface area contributed by atoms with Crippen molar-refractivity contribution in [2.45, 2.75) is 18.1 Å². The maximum Gasteiger partial charge on any atom is 0.388 e. The Morgan fingerprint density at radius 2 is 1.71 bits per heavy atom. The van der Waals surface area contributed by atoms with Crippen LogP contribution in [0.1, 0.15) is 10.4 Å². The van der Waals surface area contributed by atoms with Crippen molar-refractivity contribution in [3.63, 3.8) is 0 Å². The minimum Gasteiger partial charge on any atom is -0.465 e. The number of nitrogens with zero attached hydrogens (tertiary/aromatic N) is 2. The highest BCUT2D eigenvalue weighted by Crippen LogP contribution is 2.28. The van der Waals surface area contributed by atoms with Gasteiger partial charge in [-0.15, -0.1) is 0 Å². The normalized spacial score (nSPS) is 11.2. The number of methoxy groups -OCH3 is 1. The van der Waals surface area contributed by atoms with Gasteiger partial charge in [0, 0.05) is 0 Å². The summed E-state index contributed by atoms with van der Waals surface area (Å²) >= 11 is 0. The lowest BCUT2D eigenvalue weighted by molar-refractivity contribution is -0.0717. The second-order valence-electron chi connectivity index (χ2n) is 5.17. The van der Waals surface area contributed by atoms with E-state index >= 15 is 0 Å². The number of rotatable bonds is 8. The van der Waals surface area contributed by atoms with E-state index in [4.69, 9.17) is 0 Å². The first-order valence-corrected chi connectivity index (χ1v) is 9.29. The molecule has 2 aromatic rings. The maximum atomic E-state index is 12.4. The molecule has 0 aliphatic heterocycles. The summed E-state index contributed by atoms with van der Waals surface area (Å²) in [6.45, 7) is -6.89. The molecule has 0 fully saturated rings. The van der Waals surface area contributed by atoms with Gasteiger partial charge in [0.05, 0.1) is 18.9 Å². The van der Waals surface area contributed by atoms with E-state index in [-0.39, 0.29) is 5.56 Å². The quantitative estimate of drug-likeness (QED) is 0.439. The molecule has 2 rings (SSSR count). The zero-order chi connectivity index (χ0) is 23.2. The second-order valence-corrected chi connectivity index (χ2v) is 6.82. The van der Waals surface area contributed by atoms with Crippen LogP contribution in [0.3, 0.4) is 0 Å². The van der Waals surface area contributed by atoms with E-state index < -0.39 is 57.7 Å². The number of anilines is 1. The third-order valence-corrected chi connectivity index (χ3v) is 4.56. The fraction of sp³-hybridized carbons (Fsp3) is 0.200. The van der Waals surface area contributed by atoms with Gasteiger partial charge in [0.1, 0.15) is 4.90 Å². The molecule has 31 heavy (non-hydrogen) atoms. The number of ether oxygens (including phenoxy) is 3. The zero-order valence-corrected chi connectivity index (χ0v) is 16.0. The summed E-state index contributed by atoms with van der Waals surface area (Å²) < 4.78 is 88.1. The molecule has 2 N–H and O–H groups in total. The van der Waals surface area contributed by atoms with Gasteiger partial charge in [0.25, 0.3) is 15.9 Å². The standard InChI is InChI=1S/C15H12F4N4O7S/c1-28-11(24)7-4-2-3-5-9(7)31(26,27)23-15(25)22-14-20-6-8(29-12(16)17)10(21-14)30-13(18)19/h2-6,12-13H,1H3,(H2,20,21,22,23,25). The number of alkyl halides is 4. The highest BCUT2D eigenvalue weighted by Gasteiger charge is 2.25. The van der Waals surface area contributed by atoms with Gasteiger partial charge in [-0.1, -0.05) is 12.1 Å². The van der Waals surface area contributed by atoms with Gasteiger partial charge < -0.3 is 14.2 Å². The number of carbonyl (C=O) groups is 2. The van der Waals surface area contributed by atoms with E-state index in [1.165, 1.54) is 12.1 Å². The van der Waals surface area contributed by atoms with Crippen molar-refractivity contribution in [1.29, 1.82) is 0 Å². The topological polar surface area (TPSA) is 146 Å². The van der Waals surface area contributed by atoms with Crippen LogP contribution in [0.25, 0.3) is 0 Å².